The maximum atomic E-state index is 12.7. The number of nitro groups is 1. The summed E-state index contributed by atoms with van der Waals surface area (Å²) in [5, 5.41) is 19.6. The van der Waals surface area contributed by atoms with Crippen molar-refractivity contribution in [3.63, 3.8) is 0 Å². The van der Waals surface area contributed by atoms with E-state index in [1.807, 2.05) is 0 Å². The number of nitrogens with zero attached hydrogens (tertiary/aromatic N) is 1. The fourth-order valence-electron chi connectivity index (χ4n) is 2.31. The number of hydrogen-bond acceptors (Lipinski definition) is 7. The molecule has 0 saturated carbocycles. The van der Waals surface area contributed by atoms with Crippen molar-refractivity contribution in [1.29, 1.82) is 0 Å². The summed E-state index contributed by atoms with van der Waals surface area (Å²) in [7, 11) is 3.81. The molecular formula is C18H17NO6S2. The Bertz CT molecular complexity index is 871. The van der Waals surface area contributed by atoms with Crippen LogP contribution < -0.4 is 4.74 Å². The van der Waals surface area contributed by atoms with E-state index in [9.17, 15) is 19.7 Å². The average molecular weight is 407 g/mol. The second-order valence-electron chi connectivity index (χ2n) is 5.51. The number of ketones is 1. The lowest BCUT2D eigenvalue weighted by Gasteiger charge is -2.12. The van der Waals surface area contributed by atoms with Gasteiger partial charge in [0.15, 0.2) is 5.78 Å². The summed E-state index contributed by atoms with van der Waals surface area (Å²) in [6.45, 7) is 1.70. The second kappa shape index (κ2) is 9.43. The van der Waals surface area contributed by atoms with Crippen LogP contribution in [0.1, 0.15) is 22.8 Å². The highest BCUT2D eigenvalue weighted by Gasteiger charge is 2.21. The van der Waals surface area contributed by atoms with Gasteiger partial charge in [0.2, 0.25) is 0 Å². The molecule has 0 aliphatic heterocycles. The van der Waals surface area contributed by atoms with Gasteiger partial charge in [-0.2, -0.15) is 0 Å². The molecule has 142 valence electrons. The van der Waals surface area contributed by atoms with Gasteiger partial charge in [0, 0.05) is 17.2 Å². The minimum atomic E-state index is -1.02. The first-order valence-corrected chi connectivity index (χ1v) is 10.0. The van der Waals surface area contributed by atoms with Gasteiger partial charge in [-0.05, 0) is 42.0 Å². The first kappa shape index (κ1) is 20.8. The van der Waals surface area contributed by atoms with Crippen molar-refractivity contribution in [2.45, 2.75) is 23.5 Å². The normalized spacial score (nSPS) is 11.6. The number of carboxylic acids is 1. The van der Waals surface area contributed by atoms with Crippen molar-refractivity contribution in [2.75, 3.05) is 7.11 Å². The van der Waals surface area contributed by atoms with Crippen LogP contribution in [0.15, 0.2) is 47.4 Å². The van der Waals surface area contributed by atoms with Gasteiger partial charge in [-0.3, -0.25) is 19.7 Å². The van der Waals surface area contributed by atoms with Crippen molar-refractivity contribution < 1.29 is 24.4 Å². The third-order valence-electron chi connectivity index (χ3n) is 3.62. The number of nitro benzene ring substituents is 1. The molecule has 0 fully saturated rings. The Morgan fingerprint density at radius 2 is 1.96 bits per heavy atom. The first-order chi connectivity index (χ1) is 12.8. The van der Waals surface area contributed by atoms with E-state index in [1.54, 1.807) is 37.3 Å². The molecule has 1 atom stereocenters. The molecule has 0 heterocycles. The van der Waals surface area contributed by atoms with Crippen LogP contribution in [0.5, 0.6) is 5.75 Å². The Balaban J connectivity index is 2.13. The van der Waals surface area contributed by atoms with E-state index in [0.717, 1.165) is 10.8 Å². The van der Waals surface area contributed by atoms with Crippen molar-refractivity contribution in [3.05, 3.63) is 63.7 Å². The summed E-state index contributed by atoms with van der Waals surface area (Å²) in [5.74, 6) is -0.809. The maximum absolute atomic E-state index is 12.7. The molecule has 9 heteroatoms. The van der Waals surface area contributed by atoms with Crippen molar-refractivity contribution in [1.82, 2.24) is 0 Å². The van der Waals surface area contributed by atoms with Gasteiger partial charge >= 0.3 is 5.97 Å². The number of carboxylic acid groups (broad SMARTS) is 1. The van der Waals surface area contributed by atoms with E-state index in [1.165, 1.54) is 30.0 Å². The standard InChI is InChI=1S/C18H17NO6S2/c1-11(26-27-16-6-4-3-5-14(16)19(23)24)18(22)12-7-8-15(25-2)13(9-12)10-17(20)21/h3-9,11H,10H2,1-2H3,(H,20,21). The van der Waals surface area contributed by atoms with Gasteiger partial charge in [0.05, 0.1) is 28.6 Å². The monoisotopic (exact) mass is 407 g/mol. The lowest BCUT2D eigenvalue weighted by atomic mass is 10.0. The highest BCUT2D eigenvalue weighted by atomic mass is 33.1. The Kier molecular flexibility index (Phi) is 7.26. The van der Waals surface area contributed by atoms with Crippen molar-refractivity contribution >= 4 is 39.0 Å². The molecule has 1 N–H and O–H groups in total. The van der Waals surface area contributed by atoms with Crippen LogP contribution in [0.3, 0.4) is 0 Å². The molecule has 2 aromatic carbocycles. The molecular weight excluding hydrogens is 390 g/mol. The number of methoxy groups -OCH3 is 1. The van der Waals surface area contributed by atoms with Gasteiger partial charge in [-0.25, -0.2) is 0 Å². The Morgan fingerprint density at radius 3 is 2.59 bits per heavy atom. The largest absolute Gasteiger partial charge is 0.496 e. The average Bonchev–Trinajstić information content (AvgIpc) is 2.65. The molecule has 7 nitrogen and oxygen atoms in total. The molecule has 0 bridgehead atoms. The zero-order chi connectivity index (χ0) is 20.0. The Hall–Kier alpha value is -2.52. The van der Waals surface area contributed by atoms with E-state index in [0.29, 0.717) is 21.8 Å². The molecule has 0 saturated heterocycles. The SMILES string of the molecule is COc1ccc(C(=O)C(C)SSc2ccccc2[N+](=O)[O-])cc1CC(=O)O. The number of ether oxygens (including phenoxy) is 1. The van der Waals surface area contributed by atoms with Gasteiger partial charge < -0.3 is 9.84 Å². The number of benzene rings is 2. The van der Waals surface area contributed by atoms with Crippen LogP contribution in [-0.2, 0) is 11.2 Å². The summed E-state index contributed by atoms with van der Waals surface area (Å²) < 4.78 is 5.13. The number of para-hydroxylation sites is 1. The van der Waals surface area contributed by atoms with E-state index in [2.05, 4.69) is 0 Å². The maximum Gasteiger partial charge on any atom is 0.307 e. The van der Waals surface area contributed by atoms with E-state index in [-0.39, 0.29) is 17.9 Å². The highest BCUT2D eigenvalue weighted by molar-refractivity contribution is 8.77. The fourth-order valence-corrected chi connectivity index (χ4v) is 4.58. The smallest absolute Gasteiger partial charge is 0.307 e. The first-order valence-electron chi connectivity index (χ1n) is 7.83. The van der Waals surface area contributed by atoms with E-state index in [4.69, 9.17) is 9.84 Å². The summed E-state index contributed by atoms with van der Waals surface area (Å²) in [4.78, 5) is 34.7. The van der Waals surface area contributed by atoms with Gasteiger partial charge in [0.25, 0.3) is 5.69 Å². The number of rotatable bonds is 9. The molecule has 0 aliphatic rings. The Labute approximate surface area is 163 Å². The zero-order valence-electron chi connectivity index (χ0n) is 14.6. The molecule has 0 radical (unpaired) electrons. The number of carbonyl (C=O) groups excluding carboxylic acids is 1. The lowest BCUT2D eigenvalue weighted by Crippen LogP contribution is -2.13. The Morgan fingerprint density at radius 1 is 1.26 bits per heavy atom. The summed E-state index contributed by atoms with van der Waals surface area (Å²) in [6, 6.07) is 11.0. The predicted octanol–water partition coefficient (Wildman–Crippen LogP) is 4.24. The summed E-state index contributed by atoms with van der Waals surface area (Å²) in [5.41, 5.74) is 0.775. The van der Waals surface area contributed by atoms with Crippen LogP contribution in [0, 0.1) is 10.1 Å². The van der Waals surface area contributed by atoms with Crippen LogP contribution in [-0.4, -0.2) is 34.1 Å². The molecule has 0 aromatic heterocycles. The molecule has 27 heavy (non-hydrogen) atoms. The molecule has 0 amide bonds. The van der Waals surface area contributed by atoms with Crippen LogP contribution >= 0.6 is 21.6 Å². The molecule has 2 rings (SSSR count). The molecule has 1 unspecified atom stereocenters. The molecule has 0 spiro atoms. The molecule has 2 aromatic rings. The topological polar surface area (TPSA) is 107 Å². The van der Waals surface area contributed by atoms with Crippen LogP contribution in [0.4, 0.5) is 5.69 Å². The van der Waals surface area contributed by atoms with Crippen molar-refractivity contribution in [3.8, 4) is 5.75 Å². The van der Waals surface area contributed by atoms with E-state index >= 15 is 0 Å². The number of carbonyl (C=O) groups is 2. The van der Waals surface area contributed by atoms with E-state index < -0.39 is 16.1 Å². The summed E-state index contributed by atoms with van der Waals surface area (Å²) in [6.07, 6.45) is -0.253. The van der Waals surface area contributed by atoms with Crippen LogP contribution in [0.25, 0.3) is 0 Å². The quantitative estimate of drug-likeness (QED) is 0.285. The highest BCUT2D eigenvalue weighted by Crippen LogP contribution is 2.40. The van der Waals surface area contributed by atoms with Gasteiger partial charge in [-0.1, -0.05) is 22.9 Å². The molecule has 0 aliphatic carbocycles. The number of aliphatic carboxylic acids is 1. The van der Waals surface area contributed by atoms with Crippen LogP contribution in [0.2, 0.25) is 0 Å². The number of hydrogen-bond donors (Lipinski definition) is 1. The zero-order valence-corrected chi connectivity index (χ0v) is 16.2. The van der Waals surface area contributed by atoms with Crippen molar-refractivity contribution in [2.24, 2.45) is 0 Å². The number of Topliss-reactive ketones (excluding diaryl/α,β-unsaturated/α-hetero) is 1. The third-order valence-corrected chi connectivity index (χ3v) is 6.44. The predicted molar refractivity (Wildman–Crippen MR) is 105 cm³/mol. The van der Waals surface area contributed by atoms with Gasteiger partial charge in [-0.15, -0.1) is 0 Å². The lowest BCUT2D eigenvalue weighted by molar-refractivity contribution is -0.387. The second-order valence-corrected chi connectivity index (χ2v) is 8.09. The summed E-state index contributed by atoms with van der Waals surface area (Å²) >= 11 is 0. The minimum absolute atomic E-state index is 0.0113. The fraction of sp³-hybridized carbons (Fsp3) is 0.222. The minimum Gasteiger partial charge on any atom is -0.496 e. The van der Waals surface area contributed by atoms with Gasteiger partial charge in [0.1, 0.15) is 5.75 Å². The third kappa shape index (κ3) is 5.48.